The van der Waals surface area contributed by atoms with Crippen LogP contribution in [0, 0.1) is 0 Å². The van der Waals surface area contributed by atoms with Crippen LogP contribution in [0.15, 0.2) is 92.6 Å². The molecule has 0 amide bonds. The highest BCUT2D eigenvalue weighted by atomic mass is 16.5. The first kappa shape index (κ1) is 27.1. The first-order chi connectivity index (χ1) is 16.0. The van der Waals surface area contributed by atoms with Crippen LogP contribution in [0.4, 0.5) is 0 Å². The summed E-state index contributed by atoms with van der Waals surface area (Å²) in [6, 6.07) is 4.03. The summed E-state index contributed by atoms with van der Waals surface area (Å²) in [7, 11) is 0. The van der Waals surface area contributed by atoms with E-state index in [0.29, 0.717) is 19.3 Å². The largest absolute Gasteiger partial charge is 0.458 e. The molecule has 0 N–H and O–H groups in total. The van der Waals surface area contributed by atoms with Gasteiger partial charge in [0, 0.05) is 0 Å². The second-order valence-corrected chi connectivity index (χ2v) is 6.54. The fourth-order valence-corrected chi connectivity index (χ4v) is 2.41. The topological polar surface area (TPSA) is 78.9 Å². The molecule has 0 aliphatic rings. The van der Waals surface area contributed by atoms with Crippen LogP contribution in [0.25, 0.3) is 0 Å². The highest BCUT2D eigenvalue weighted by Gasteiger charge is 2.22. The fourth-order valence-electron chi connectivity index (χ4n) is 2.41. The second kappa shape index (κ2) is 16.7. The summed E-state index contributed by atoms with van der Waals surface area (Å²) < 4.78 is 15.6. The maximum atomic E-state index is 12.6. The molecule has 0 saturated carbocycles. The van der Waals surface area contributed by atoms with E-state index in [2.05, 4.69) is 19.7 Å². The summed E-state index contributed by atoms with van der Waals surface area (Å²) in [6.45, 7) is 10.9. The Morgan fingerprint density at radius 1 is 0.606 bits per heavy atom. The molecule has 0 aliphatic heterocycles. The van der Waals surface area contributed by atoms with E-state index < -0.39 is 17.9 Å². The monoisotopic (exact) mass is 450 g/mol. The molecule has 0 bridgehead atoms. The molecule has 1 rings (SSSR count). The minimum atomic E-state index is -0.757. The van der Waals surface area contributed by atoms with Gasteiger partial charge in [0.25, 0.3) is 0 Å². The minimum Gasteiger partial charge on any atom is -0.458 e. The molecule has 0 fully saturated rings. The molecular formula is C27H30O6. The van der Waals surface area contributed by atoms with Crippen LogP contribution >= 0.6 is 0 Å². The van der Waals surface area contributed by atoms with Gasteiger partial charge in [-0.1, -0.05) is 54.7 Å². The summed E-state index contributed by atoms with van der Waals surface area (Å²) in [5, 5.41) is 0. The van der Waals surface area contributed by atoms with Gasteiger partial charge in [0.2, 0.25) is 0 Å². The number of benzene rings is 1. The average Bonchev–Trinajstić information content (AvgIpc) is 2.82. The van der Waals surface area contributed by atoms with Crippen LogP contribution in [-0.4, -0.2) is 37.7 Å². The Bertz CT molecular complexity index is 921. The van der Waals surface area contributed by atoms with Crippen molar-refractivity contribution in [1.29, 1.82) is 0 Å². The second-order valence-electron chi connectivity index (χ2n) is 6.54. The number of ether oxygens (including phenoxy) is 3. The van der Waals surface area contributed by atoms with Crippen molar-refractivity contribution in [3.63, 3.8) is 0 Å². The minimum absolute atomic E-state index is 0.00498. The highest BCUT2D eigenvalue weighted by molar-refractivity contribution is 6.05. The Kier molecular flexibility index (Phi) is 13.7. The summed E-state index contributed by atoms with van der Waals surface area (Å²) in [6.07, 6.45) is 17.5. The molecule has 1 aromatic rings. The van der Waals surface area contributed by atoms with Crippen molar-refractivity contribution in [2.45, 2.75) is 19.3 Å². The molecule has 6 heteroatoms. The molecule has 33 heavy (non-hydrogen) atoms. The number of hydrogen-bond donors (Lipinski definition) is 0. The van der Waals surface area contributed by atoms with E-state index in [1.807, 2.05) is 6.08 Å². The Hall–Kier alpha value is -3.93. The Labute approximate surface area is 195 Å². The van der Waals surface area contributed by atoms with Crippen LogP contribution in [-0.2, 0) is 14.2 Å². The van der Waals surface area contributed by atoms with Gasteiger partial charge in [-0.15, -0.1) is 19.7 Å². The lowest BCUT2D eigenvalue weighted by Crippen LogP contribution is -2.16. The van der Waals surface area contributed by atoms with Crippen molar-refractivity contribution in [1.82, 2.24) is 0 Å². The van der Waals surface area contributed by atoms with Gasteiger partial charge in [0.1, 0.15) is 19.8 Å². The van der Waals surface area contributed by atoms with Gasteiger partial charge in [-0.05, 0) is 37.5 Å². The summed E-state index contributed by atoms with van der Waals surface area (Å²) >= 11 is 0. The highest BCUT2D eigenvalue weighted by Crippen LogP contribution is 2.16. The molecule has 0 radical (unpaired) electrons. The van der Waals surface area contributed by atoms with Crippen LogP contribution in [0.3, 0.4) is 0 Å². The lowest BCUT2D eigenvalue weighted by molar-refractivity contribution is 0.0500. The Balaban J connectivity index is 3.01. The zero-order chi connectivity index (χ0) is 24.3. The van der Waals surface area contributed by atoms with E-state index in [4.69, 9.17) is 14.2 Å². The third kappa shape index (κ3) is 10.8. The number of carbonyl (C=O) groups is 3. The number of esters is 3. The smallest absolute Gasteiger partial charge is 0.339 e. The average molecular weight is 451 g/mol. The maximum Gasteiger partial charge on any atom is 0.339 e. The molecule has 0 heterocycles. The van der Waals surface area contributed by atoms with Crippen molar-refractivity contribution in [3.05, 3.63) is 109 Å². The standard InChI is InChI=1S/C27H30O6/c1-4-7-10-13-18-31-25(28)22-16-17-23(26(29)32-19-14-11-8-5-2)24(21-22)27(30)33-20-15-12-9-6-3/h4-6,10-17,21H,1-3,7-9,18-20H2/b13-10+,14-11?,15-12-. The van der Waals surface area contributed by atoms with Crippen molar-refractivity contribution >= 4 is 17.9 Å². The molecule has 0 atom stereocenters. The Morgan fingerprint density at radius 3 is 1.48 bits per heavy atom. The van der Waals surface area contributed by atoms with Crippen molar-refractivity contribution in [2.75, 3.05) is 19.8 Å². The molecule has 0 unspecified atom stereocenters. The summed E-state index contributed by atoms with van der Waals surface area (Å²) in [4.78, 5) is 37.5. The van der Waals surface area contributed by atoms with Gasteiger partial charge in [-0.3, -0.25) is 0 Å². The lowest BCUT2D eigenvalue weighted by atomic mass is 10.0. The predicted molar refractivity (Wildman–Crippen MR) is 129 cm³/mol. The number of carbonyl (C=O) groups excluding carboxylic acids is 3. The first-order valence-corrected chi connectivity index (χ1v) is 10.5. The molecule has 0 saturated heterocycles. The summed E-state index contributed by atoms with van der Waals surface area (Å²) in [5.41, 5.74) is 0.0298. The van der Waals surface area contributed by atoms with E-state index >= 15 is 0 Å². The summed E-state index contributed by atoms with van der Waals surface area (Å²) in [5.74, 6) is -2.10. The molecule has 1 aromatic carbocycles. The Morgan fingerprint density at radius 2 is 1.03 bits per heavy atom. The number of allylic oxidation sites excluding steroid dienone is 6. The first-order valence-electron chi connectivity index (χ1n) is 10.5. The maximum absolute atomic E-state index is 12.6. The van der Waals surface area contributed by atoms with Gasteiger partial charge < -0.3 is 14.2 Å². The van der Waals surface area contributed by atoms with Gasteiger partial charge in [0.05, 0.1) is 16.7 Å². The quantitative estimate of drug-likeness (QED) is 0.198. The number of hydrogen-bond acceptors (Lipinski definition) is 6. The van der Waals surface area contributed by atoms with E-state index in [1.165, 1.54) is 18.2 Å². The zero-order valence-corrected chi connectivity index (χ0v) is 18.7. The molecular weight excluding hydrogens is 420 g/mol. The normalized spacial score (nSPS) is 10.9. The van der Waals surface area contributed by atoms with Crippen molar-refractivity contribution in [3.8, 4) is 0 Å². The van der Waals surface area contributed by atoms with E-state index in [-0.39, 0.29) is 36.5 Å². The zero-order valence-electron chi connectivity index (χ0n) is 18.7. The number of rotatable bonds is 15. The van der Waals surface area contributed by atoms with Crippen LogP contribution in [0.1, 0.15) is 50.3 Å². The van der Waals surface area contributed by atoms with E-state index in [1.54, 1.807) is 48.6 Å². The molecule has 174 valence electrons. The van der Waals surface area contributed by atoms with Gasteiger partial charge >= 0.3 is 17.9 Å². The fraction of sp³-hybridized carbons (Fsp3) is 0.222. The van der Waals surface area contributed by atoms with Crippen LogP contribution in [0.5, 0.6) is 0 Å². The molecule has 0 spiro atoms. The van der Waals surface area contributed by atoms with Crippen LogP contribution < -0.4 is 0 Å². The van der Waals surface area contributed by atoms with E-state index in [0.717, 1.165) is 0 Å². The lowest BCUT2D eigenvalue weighted by Gasteiger charge is -2.10. The molecule has 0 aromatic heterocycles. The van der Waals surface area contributed by atoms with E-state index in [9.17, 15) is 14.4 Å². The van der Waals surface area contributed by atoms with Gasteiger partial charge in [0.15, 0.2) is 0 Å². The SMILES string of the molecule is C=CCC=CCOC(=O)c1ccc(C(=O)OC/C=C/CC=C)cc1C(=O)OC/C=C\CC=C. The molecule has 6 nitrogen and oxygen atoms in total. The van der Waals surface area contributed by atoms with Crippen molar-refractivity contribution < 1.29 is 28.6 Å². The third-order valence-corrected chi connectivity index (χ3v) is 4.04. The van der Waals surface area contributed by atoms with Crippen LogP contribution in [0.2, 0.25) is 0 Å². The van der Waals surface area contributed by atoms with Gasteiger partial charge in [-0.25, -0.2) is 14.4 Å². The van der Waals surface area contributed by atoms with Gasteiger partial charge in [-0.2, -0.15) is 0 Å². The third-order valence-electron chi connectivity index (χ3n) is 4.04. The predicted octanol–water partition coefficient (Wildman–Crippen LogP) is 5.55. The van der Waals surface area contributed by atoms with Crippen molar-refractivity contribution in [2.24, 2.45) is 0 Å². The molecule has 0 aliphatic carbocycles.